The number of rotatable bonds is 16. The Morgan fingerprint density at radius 1 is 0.879 bits per heavy atom. The van der Waals surface area contributed by atoms with Gasteiger partial charge in [-0.3, -0.25) is 18.6 Å². The lowest BCUT2D eigenvalue weighted by Gasteiger charge is -2.26. The molecule has 0 aromatic heterocycles. The topological polar surface area (TPSA) is 114 Å². The summed E-state index contributed by atoms with van der Waals surface area (Å²) in [7, 11) is -4.37. The predicted octanol–water partition coefficient (Wildman–Crippen LogP) is 5.34. The maximum Gasteiger partial charge on any atom is 0.473 e. The second kappa shape index (κ2) is 15.1. The summed E-state index contributed by atoms with van der Waals surface area (Å²) in [6, 6.07) is 0. The molecule has 0 heterocycles. The molecule has 33 heavy (non-hydrogen) atoms. The average Bonchev–Trinajstić information content (AvgIpc) is 2.61. The van der Waals surface area contributed by atoms with Crippen LogP contribution in [0.25, 0.3) is 0 Å². The van der Waals surface area contributed by atoms with Crippen LogP contribution in [-0.2, 0) is 23.2 Å². The van der Waals surface area contributed by atoms with Gasteiger partial charge in [0.25, 0.3) is 0 Å². The van der Waals surface area contributed by atoms with E-state index >= 15 is 0 Å². The molecule has 0 aromatic rings. The van der Waals surface area contributed by atoms with Crippen LogP contribution in [-0.4, -0.2) is 41.5 Å². The van der Waals surface area contributed by atoms with Crippen molar-refractivity contribution in [1.29, 1.82) is 0 Å². The molecule has 0 fully saturated rings. The van der Waals surface area contributed by atoms with Gasteiger partial charge in [-0.15, -0.1) is 0 Å². The van der Waals surface area contributed by atoms with Crippen molar-refractivity contribution in [1.82, 2.24) is 10.6 Å². The molecule has 2 atom stereocenters. The Bertz CT molecular complexity index is 625. The molecule has 0 aromatic carbocycles. The molecule has 2 amide bonds. The number of amides is 2. The standard InChI is InChI=1S/C24H49N2O6P/c1-19(2)13-9-10-14-21(27)25-17-20(31-33(29,30)32-24(6,7)8)18-26-22(28)15-11-12-16-23(3,4)5/h19-20H,9-18H2,1-8H3,(H,25,27)(H,26,28)(H,29,30). The number of carbonyl (C=O) groups is 2. The van der Waals surface area contributed by atoms with E-state index in [1.165, 1.54) is 0 Å². The van der Waals surface area contributed by atoms with Crippen molar-refractivity contribution in [2.45, 2.75) is 118 Å². The Kier molecular flexibility index (Phi) is 14.7. The molecule has 0 aliphatic heterocycles. The van der Waals surface area contributed by atoms with Crippen LogP contribution in [0.4, 0.5) is 0 Å². The van der Waals surface area contributed by atoms with Crippen molar-refractivity contribution in [3.8, 4) is 0 Å². The zero-order valence-electron chi connectivity index (χ0n) is 22.2. The summed E-state index contributed by atoms with van der Waals surface area (Å²) in [5.41, 5.74) is -0.650. The molecule has 9 heteroatoms. The zero-order chi connectivity index (χ0) is 25.7. The van der Waals surface area contributed by atoms with Gasteiger partial charge in [-0.25, -0.2) is 4.57 Å². The highest BCUT2D eigenvalue weighted by Gasteiger charge is 2.32. The van der Waals surface area contributed by atoms with Gasteiger partial charge >= 0.3 is 7.82 Å². The van der Waals surface area contributed by atoms with E-state index in [2.05, 4.69) is 45.3 Å². The fourth-order valence-electron chi connectivity index (χ4n) is 3.11. The smallest absolute Gasteiger partial charge is 0.353 e. The Labute approximate surface area is 201 Å². The summed E-state index contributed by atoms with van der Waals surface area (Å²) in [6.45, 7) is 15.7. The average molecular weight is 493 g/mol. The van der Waals surface area contributed by atoms with Crippen LogP contribution in [0.5, 0.6) is 0 Å². The number of unbranched alkanes of at least 4 members (excludes halogenated alkanes) is 2. The molecule has 3 N–H and O–H groups in total. The molecular weight excluding hydrogens is 443 g/mol. The summed E-state index contributed by atoms with van der Waals surface area (Å²) in [5.74, 6) is 0.303. The molecule has 8 nitrogen and oxygen atoms in total. The Morgan fingerprint density at radius 2 is 1.36 bits per heavy atom. The van der Waals surface area contributed by atoms with Gasteiger partial charge in [-0.2, -0.15) is 0 Å². The SMILES string of the molecule is CC(C)CCCCC(=O)NCC(CNC(=O)CCCCC(C)(C)C)OP(=O)(O)OC(C)(C)C. The third-order valence-corrected chi connectivity index (χ3v) is 6.08. The fraction of sp³-hybridized carbons (Fsp3) is 0.917. The van der Waals surface area contributed by atoms with Gasteiger partial charge in [0.1, 0.15) is 6.10 Å². The Balaban J connectivity index is 4.70. The van der Waals surface area contributed by atoms with Crippen molar-refractivity contribution < 1.29 is 28.1 Å². The van der Waals surface area contributed by atoms with Crippen molar-refractivity contribution in [2.75, 3.05) is 13.1 Å². The highest BCUT2D eigenvalue weighted by Crippen LogP contribution is 2.48. The van der Waals surface area contributed by atoms with Crippen molar-refractivity contribution in [3.63, 3.8) is 0 Å². The van der Waals surface area contributed by atoms with Gasteiger partial charge < -0.3 is 15.5 Å². The molecular formula is C24H49N2O6P. The number of phosphoric acid groups is 1. The van der Waals surface area contributed by atoms with Gasteiger partial charge in [-0.1, -0.05) is 53.9 Å². The molecule has 0 aliphatic carbocycles. The van der Waals surface area contributed by atoms with Crippen molar-refractivity contribution in [3.05, 3.63) is 0 Å². The summed E-state index contributed by atoms with van der Waals surface area (Å²) >= 11 is 0. The first-order valence-corrected chi connectivity index (χ1v) is 13.7. The predicted molar refractivity (Wildman–Crippen MR) is 133 cm³/mol. The van der Waals surface area contributed by atoms with Crippen LogP contribution in [0.15, 0.2) is 0 Å². The van der Waals surface area contributed by atoms with Gasteiger partial charge in [0.15, 0.2) is 0 Å². The van der Waals surface area contributed by atoms with E-state index in [4.69, 9.17) is 9.05 Å². The highest BCUT2D eigenvalue weighted by atomic mass is 31.2. The van der Waals surface area contributed by atoms with Gasteiger partial charge in [0, 0.05) is 25.9 Å². The van der Waals surface area contributed by atoms with E-state index in [-0.39, 0.29) is 30.3 Å². The zero-order valence-corrected chi connectivity index (χ0v) is 23.1. The van der Waals surface area contributed by atoms with E-state index in [9.17, 15) is 19.0 Å². The largest absolute Gasteiger partial charge is 0.473 e. The third kappa shape index (κ3) is 21.3. The summed E-state index contributed by atoms with van der Waals surface area (Å²) < 4.78 is 22.8. The second-order valence-electron chi connectivity index (χ2n) is 11.4. The first-order valence-electron chi connectivity index (χ1n) is 12.2. The molecule has 0 spiro atoms. The summed E-state index contributed by atoms with van der Waals surface area (Å²) in [5, 5.41) is 5.50. The number of nitrogens with one attached hydrogen (secondary N) is 2. The van der Waals surface area contributed by atoms with Crippen LogP contribution in [0, 0.1) is 11.3 Å². The van der Waals surface area contributed by atoms with Crippen LogP contribution in [0.1, 0.15) is 107 Å². The number of hydrogen-bond acceptors (Lipinski definition) is 5. The minimum atomic E-state index is -4.37. The van der Waals surface area contributed by atoms with Gasteiger partial charge in [0.2, 0.25) is 11.8 Å². The molecule has 2 unspecified atom stereocenters. The molecule has 0 saturated carbocycles. The highest BCUT2D eigenvalue weighted by molar-refractivity contribution is 7.47. The first-order chi connectivity index (χ1) is 15.0. The normalized spacial score (nSPS) is 15.2. The van der Waals surface area contributed by atoms with Crippen LogP contribution in [0.2, 0.25) is 0 Å². The second-order valence-corrected chi connectivity index (χ2v) is 12.7. The molecule has 196 valence electrons. The maximum atomic E-state index is 12.4. The van der Waals surface area contributed by atoms with Gasteiger partial charge in [0.05, 0.1) is 5.60 Å². The first kappa shape index (κ1) is 32.0. The lowest BCUT2D eigenvalue weighted by molar-refractivity contribution is -0.121. The number of phosphoric ester groups is 1. The maximum absolute atomic E-state index is 12.4. The lowest BCUT2D eigenvalue weighted by atomic mass is 9.89. The lowest BCUT2D eigenvalue weighted by Crippen LogP contribution is -2.41. The van der Waals surface area contributed by atoms with Crippen LogP contribution < -0.4 is 10.6 Å². The monoisotopic (exact) mass is 492 g/mol. The van der Waals surface area contributed by atoms with Crippen molar-refractivity contribution in [2.24, 2.45) is 11.3 Å². The number of hydrogen-bond donors (Lipinski definition) is 3. The van der Waals surface area contributed by atoms with Crippen LogP contribution in [0.3, 0.4) is 0 Å². The van der Waals surface area contributed by atoms with E-state index in [1.807, 2.05) is 0 Å². The van der Waals surface area contributed by atoms with Gasteiger partial charge in [-0.05, 0) is 51.4 Å². The van der Waals surface area contributed by atoms with E-state index in [0.717, 1.165) is 38.5 Å². The minimum Gasteiger partial charge on any atom is -0.353 e. The molecule has 0 rings (SSSR count). The summed E-state index contributed by atoms with van der Waals surface area (Å²) in [6.07, 6.45) is 5.46. The Hall–Kier alpha value is -0.950. The number of carbonyl (C=O) groups excluding carboxylic acids is 2. The minimum absolute atomic E-state index is 0.00376. The van der Waals surface area contributed by atoms with E-state index in [1.54, 1.807) is 20.8 Å². The quantitative estimate of drug-likeness (QED) is 0.198. The summed E-state index contributed by atoms with van der Waals surface area (Å²) in [4.78, 5) is 34.5. The van der Waals surface area contributed by atoms with Crippen LogP contribution >= 0.6 is 7.82 Å². The third-order valence-electron chi connectivity index (χ3n) is 4.74. The molecule has 0 radical (unpaired) electrons. The molecule has 0 aliphatic rings. The molecule has 0 saturated heterocycles. The molecule has 0 bridgehead atoms. The van der Waals surface area contributed by atoms with E-state index in [0.29, 0.717) is 18.8 Å². The fourth-order valence-corrected chi connectivity index (χ4v) is 4.37. The van der Waals surface area contributed by atoms with Crippen molar-refractivity contribution >= 4 is 19.6 Å². The van der Waals surface area contributed by atoms with E-state index < -0.39 is 19.5 Å². The Morgan fingerprint density at radius 3 is 1.79 bits per heavy atom.